The van der Waals surface area contributed by atoms with Crippen LogP contribution in [-0.4, -0.2) is 61.4 Å². The molecule has 1 amide bonds. The predicted molar refractivity (Wildman–Crippen MR) is 105 cm³/mol. The van der Waals surface area contributed by atoms with Crippen molar-refractivity contribution in [1.29, 1.82) is 0 Å². The average Bonchev–Trinajstić information content (AvgIpc) is 2.73. The summed E-state index contributed by atoms with van der Waals surface area (Å²) in [6.45, 7) is 6.89. The van der Waals surface area contributed by atoms with Crippen LogP contribution in [0.4, 0.5) is 10.2 Å². The number of benzene rings is 1. The van der Waals surface area contributed by atoms with E-state index in [1.165, 1.54) is 24.3 Å². The summed E-state index contributed by atoms with van der Waals surface area (Å²) in [4.78, 5) is 23.0. The van der Waals surface area contributed by atoms with Crippen molar-refractivity contribution in [1.82, 2.24) is 15.3 Å². The predicted octanol–water partition coefficient (Wildman–Crippen LogP) is 1.72. The zero-order valence-corrected chi connectivity index (χ0v) is 16.6. The number of aromatic nitrogens is 2. The van der Waals surface area contributed by atoms with E-state index in [1.807, 2.05) is 6.92 Å². The quantitative estimate of drug-likeness (QED) is 0.671. The number of carbonyl (C=O) groups is 1. The van der Waals surface area contributed by atoms with E-state index in [2.05, 4.69) is 20.2 Å². The number of nitrogens with one attached hydrogen (secondary N) is 1. The van der Waals surface area contributed by atoms with Gasteiger partial charge in [0.2, 0.25) is 5.88 Å². The van der Waals surface area contributed by atoms with Crippen LogP contribution in [0.25, 0.3) is 0 Å². The number of hydrogen-bond donors (Lipinski definition) is 1. The first kappa shape index (κ1) is 20.8. The van der Waals surface area contributed by atoms with E-state index in [4.69, 9.17) is 14.2 Å². The summed E-state index contributed by atoms with van der Waals surface area (Å²) < 4.78 is 29.4. The van der Waals surface area contributed by atoms with Crippen LogP contribution in [0.5, 0.6) is 11.6 Å². The van der Waals surface area contributed by atoms with Crippen LogP contribution in [0.3, 0.4) is 0 Å². The van der Waals surface area contributed by atoms with E-state index >= 15 is 0 Å². The van der Waals surface area contributed by atoms with Crippen LogP contribution >= 0.6 is 0 Å². The summed E-state index contributed by atoms with van der Waals surface area (Å²) in [6, 6.07) is 7.31. The molecule has 0 saturated carbocycles. The van der Waals surface area contributed by atoms with Crippen molar-refractivity contribution in [3.63, 3.8) is 0 Å². The second kappa shape index (κ2) is 10.0. The Bertz CT molecular complexity index is 813. The van der Waals surface area contributed by atoms with Gasteiger partial charge in [0.1, 0.15) is 29.8 Å². The third-order valence-corrected chi connectivity index (χ3v) is 4.28. The molecule has 1 unspecified atom stereocenters. The lowest BCUT2D eigenvalue weighted by atomic mass is 10.3. The van der Waals surface area contributed by atoms with Gasteiger partial charge in [-0.05, 0) is 38.1 Å². The topological polar surface area (TPSA) is 85.8 Å². The number of hydrogen-bond acceptors (Lipinski definition) is 7. The Balaban J connectivity index is 1.44. The summed E-state index contributed by atoms with van der Waals surface area (Å²) in [5.41, 5.74) is 0. The third-order valence-electron chi connectivity index (χ3n) is 4.28. The number of ether oxygens (including phenoxy) is 3. The third kappa shape index (κ3) is 6.28. The highest BCUT2D eigenvalue weighted by Gasteiger charge is 2.16. The molecule has 29 heavy (non-hydrogen) atoms. The molecule has 1 aliphatic heterocycles. The summed E-state index contributed by atoms with van der Waals surface area (Å²) in [7, 11) is 0. The fourth-order valence-electron chi connectivity index (χ4n) is 2.80. The molecule has 0 spiro atoms. The Morgan fingerprint density at radius 1 is 1.28 bits per heavy atom. The molecule has 0 aliphatic carbocycles. The Hall–Kier alpha value is -2.94. The molecule has 9 heteroatoms. The lowest BCUT2D eigenvalue weighted by molar-refractivity contribution is -0.127. The molecule has 0 bridgehead atoms. The van der Waals surface area contributed by atoms with Gasteiger partial charge in [0, 0.05) is 19.2 Å². The van der Waals surface area contributed by atoms with Crippen LogP contribution in [0.2, 0.25) is 0 Å². The van der Waals surface area contributed by atoms with Gasteiger partial charge in [-0.15, -0.1) is 0 Å². The highest BCUT2D eigenvalue weighted by Crippen LogP contribution is 2.18. The second-order valence-electron chi connectivity index (χ2n) is 6.56. The molecule has 2 aromatic rings. The normalized spacial score (nSPS) is 14.9. The molecule has 1 aliphatic rings. The standard InChI is InChI=1S/C20H25FN4O4/c1-14(29-17-5-3-16(21)4-6-17)20(26)22-7-10-28-19-13-18(23-15(2)24-19)25-8-11-27-12-9-25/h3-6,13-14H,7-12H2,1-2H3,(H,22,26). The van der Waals surface area contributed by atoms with Gasteiger partial charge >= 0.3 is 0 Å². The highest BCUT2D eigenvalue weighted by atomic mass is 19.1. The van der Waals surface area contributed by atoms with Gasteiger partial charge in [-0.3, -0.25) is 4.79 Å². The van der Waals surface area contributed by atoms with Crippen molar-refractivity contribution in [2.75, 3.05) is 44.4 Å². The minimum atomic E-state index is -0.713. The van der Waals surface area contributed by atoms with E-state index in [0.717, 1.165) is 18.9 Å². The van der Waals surface area contributed by atoms with Crippen molar-refractivity contribution < 1.29 is 23.4 Å². The van der Waals surface area contributed by atoms with Crippen molar-refractivity contribution >= 4 is 11.7 Å². The molecule has 8 nitrogen and oxygen atoms in total. The number of anilines is 1. The lowest BCUT2D eigenvalue weighted by Crippen LogP contribution is -2.38. The fraction of sp³-hybridized carbons (Fsp3) is 0.450. The minimum Gasteiger partial charge on any atom is -0.481 e. The first-order chi connectivity index (χ1) is 14.0. The number of amides is 1. The van der Waals surface area contributed by atoms with Gasteiger partial charge in [0.15, 0.2) is 6.10 Å². The number of carbonyl (C=O) groups excluding carboxylic acids is 1. The lowest BCUT2D eigenvalue weighted by Gasteiger charge is -2.28. The van der Waals surface area contributed by atoms with E-state index in [-0.39, 0.29) is 18.3 Å². The van der Waals surface area contributed by atoms with Crippen molar-refractivity contribution in [2.24, 2.45) is 0 Å². The zero-order valence-electron chi connectivity index (χ0n) is 16.6. The Kier molecular flexibility index (Phi) is 7.18. The van der Waals surface area contributed by atoms with Crippen LogP contribution < -0.4 is 19.7 Å². The van der Waals surface area contributed by atoms with Crippen molar-refractivity contribution in [2.45, 2.75) is 20.0 Å². The Morgan fingerprint density at radius 3 is 2.72 bits per heavy atom. The van der Waals surface area contributed by atoms with Crippen molar-refractivity contribution in [3.05, 3.63) is 42.0 Å². The van der Waals surface area contributed by atoms with Gasteiger partial charge in [0.05, 0.1) is 19.8 Å². The number of rotatable bonds is 8. The molecule has 1 saturated heterocycles. The molecular formula is C20H25FN4O4. The molecule has 1 N–H and O–H groups in total. The highest BCUT2D eigenvalue weighted by molar-refractivity contribution is 5.80. The van der Waals surface area contributed by atoms with E-state index in [0.29, 0.717) is 37.2 Å². The summed E-state index contributed by atoms with van der Waals surface area (Å²) in [5, 5.41) is 2.74. The first-order valence-electron chi connectivity index (χ1n) is 9.52. The maximum absolute atomic E-state index is 12.9. The number of nitrogens with zero attached hydrogens (tertiary/aromatic N) is 3. The number of aryl methyl sites for hydroxylation is 1. The fourth-order valence-corrected chi connectivity index (χ4v) is 2.80. The second-order valence-corrected chi connectivity index (χ2v) is 6.56. The maximum atomic E-state index is 12.9. The molecule has 1 aromatic carbocycles. The van der Waals surface area contributed by atoms with Gasteiger partial charge in [-0.25, -0.2) is 9.37 Å². The van der Waals surface area contributed by atoms with Gasteiger partial charge in [-0.1, -0.05) is 0 Å². The monoisotopic (exact) mass is 404 g/mol. The van der Waals surface area contributed by atoms with Gasteiger partial charge in [0.25, 0.3) is 5.91 Å². The van der Waals surface area contributed by atoms with Crippen LogP contribution in [0, 0.1) is 12.7 Å². The Labute approximate surface area is 169 Å². The Morgan fingerprint density at radius 2 is 2.00 bits per heavy atom. The smallest absolute Gasteiger partial charge is 0.260 e. The average molecular weight is 404 g/mol. The van der Waals surface area contributed by atoms with Crippen LogP contribution in [0.1, 0.15) is 12.7 Å². The maximum Gasteiger partial charge on any atom is 0.260 e. The molecule has 156 valence electrons. The molecule has 1 atom stereocenters. The summed E-state index contributed by atoms with van der Waals surface area (Å²) in [6.07, 6.45) is -0.713. The molecule has 1 fully saturated rings. The number of halogens is 1. The SMILES string of the molecule is Cc1nc(OCCNC(=O)C(C)Oc2ccc(F)cc2)cc(N2CCOCC2)n1. The molecule has 2 heterocycles. The largest absolute Gasteiger partial charge is 0.481 e. The molecule has 0 radical (unpaired) electrons. The molecule has 1 aromatic heterocycles. The minimum absolute atomic E-state index is 0.258. The van der Waals surface area contributed by atoms with Gasteiger partial charge in [-0.2, -0.15) is 4.98 Å². The molecular weight excluding hydrogens is 379 g/mol. The van der Waals surface area contributed by atoms with Crippen molar-refractivity contribution in [3.8, 4) is 11.6 Å². The van der Waals surface area contributed by atoms with E-state index in [9.17, 15) is 9.18 Å². The van der Waals surface area contributed by atoms with E-state index < -0.39 is 6.10 Å². The number of morpholine rings is 1. The van der Waals surface area contributed by atoms with Crippen LogP contribution in [-0.2, 0) is 9.53 Å². The zero-order chi connectivity index (χ0) is 20.6. The van der Waals surface area contributed by atoms with Gasteiger partial charge < -0.3 is 24.4 Å². The van der Waals surface area contributed by atoms with E-state index in [1.54, 1.807) is 13.0 Å². The summed E-state index contributed by atoms with van der Waals surface area (Å²) >= 11 is 0. The summed E-state index contributed by atoms with van der Waals surface area (Å²) in [5.74, 6) is 1.67. The first-order valence-corrected chi connectivity index (χ1v) is 9.52. The van der Waals surface area contributed by atoms with Crippen LogP contribution in [0.15, 0.2) is 30.3 Å². The molecule has 3 rings (SSSR count).